The highest BCUT2D eigenvalue weighted by Gasteiger charge is 2.50. The molecule has 0 radical (unpaired) electrons. The fraction of sp³-hybridized carbons (Fsp3) is 0.190. The van der Waals surface area contributed by atoms with Crippen LogP contribution in [0, 0.1) is 11.6 Å². The van der Waals surface area contributed by atoms with Crippen LogP contribution in [-0.4, -0.2) is 23.4 Å². The molecule has 1 aromatic heterocycles. The van der Waals surface area contributed by atoms with Crippen LogP contribution in [0.4, 0.5) is 8.78 Å². The number of fused-ring (bicyclic) bond motifs is 1. The fourth-order valence-corrected chi connectivity index (χ4v) is 6.38. The number of aromatic nitrogens is 2. The van der Waals surface area contributed by atoms with Crippen molar-refractivity contribution in [1.29, 1.82) is 0 Å². The summed E-state index contributed by atoms with van der Waals surface area (Å²) in [5.41, 5.74) is 1.09. The van der Waals surface area contributed by atoms with Crippen LogP contribution >= 0.6 is 23.2 Å². The number of primary sulfonamides is 1. The molecule has 1 heterocycles. The second-order valence-electron chi connectivity index (χ2n) is 7.61. The average Bonchev–Trinajstić information content (AvgIpc) is 3.02. The van der Waals surface area contributed by atoms with E-state index < -0.39 is 37.3 Å². The van der Waals surface area contributed by atoms with Crippen molar-refractivity contribution in [3.05, 3.63) is 92.3 Å². The minimum Gasteiger partial charge on any atom is -0.280 e. The van der Waals surface area contributed by atoms with Crippen molar-refractivity contribution in [2.24, 2.45) is 5.14 Å². The molecule has 0 saturated heterocycles. The Labute approximate surface area is 192 Å². The number of hydrogen-bond acceptors (Lipinski definition) is 3. The van der Waals surface area contributed by atoms with Crippen LogP contribution in [0.3, 0.4) is 0 Å². The minimum atomic E-state index is -4.15. The zero-order chi connectivity index (χ0) is 23.4. The molecule has 4 rings (SSSR count). The number of hydrogen-bond donors (Lipinski definition) is 2. The van der Waals surface area contributed by atoms with E-state index in [1.54, 1.807) is 19.1 Å². The highest BCUT2D eigenvalue weighted by molar-refractivity contribution is 7.90. The largest absolute Gasteiger partial charge is 0.280 e. The number of nitrogens with one attached hydrogen (secondary N) is 1. The summed E-state index contributed by atoms with van der Waals surface area (Å²) in [5.74, 6) is -1.97. The molecular formula is C21H17Cl2F2N3O3S. The van der Waals surface area contributed by atoms with Crippen LogP contribution in [0.25, 0.3) is 10.9 Å². The number of alkyl halides is 1. The molecule has 0 saturated carbocycles. The summed E-state index contributed by atoms with van der Waals surface area (Å²) in [6.45, 7) is 1.65. The maximum Gasteiger partial charge on any atom is 0.271 e. The summed E-state index contributed by atoms with van der Waals surface area (Å²) in [7, 11) is -4.15. The lowest BCUT2D eigenvalue weighted by Gasteiger charge is -2.37. The number of aromatic amines is 1. The Hall–Kier alpha value is -2.46. The molecule has 0 aliphatic heterocycles. The summed E-state index contributed by atoms with van der Waals surface area (Å²) >= 11 is 13.2. The summed E-state index contributed by atoms with van der Waals surface area (Å²) in [6.07, 6.45) is 3.02. The Bertz CT molecular complexity index is 1480. The quantitative estimate of drug-likeness (QED) is 0.533. The molecule has 168 valence electrons. The van der Waals surface area contributed by atoms with Gasteiger partial charge < -0.3 is 0 Å². The third-order valence-corrected chi connectivity index (χ3v) is 8.13. The third kappa shape index (κ3) is 3.69. The standard InChI is InChI=1S/C21H17Cl2F2N3O3S/c1-11-2-7-18(22)21(23,19(11)32(26,30)31)13-4-6-17-14(9-13)20(29)27-28(17)10-12-3-5-15(24)16(25)8-12/h2-9,19H,10H2,1H3,(H,27,29)(H2,26,30,31). The Morgan fingerprint density at radius 2 is 1.88 bits per heavy atom. The van der Waals surface area contributed by atoms with Crippen LogP contribution in [-0.2, 0) is 21.4 Å². The predicted octanol–water partition coefficient (Wildman–Crippen LogP) is 3.83. The first-order chi connectivity index (χ1) is 14.9. The van der Waals surface area contributed by atoms with E-state index in [-0.39, 0.29) is 22.5 Å². The molecule has 2 atom stereocenters. The molecule has 1 aliphatic carbocycles. The lowest BCUT2D eigenvalue weighted by molar-refractivity contribution is 0.506. The van der Waals surface area contributed by atoms with Crippen molar-refractivity contribution in [2.45, 2.75) is 23.6 Å². The highest BCUT2D eigenvalue weighted by atomic mass is 35.5. The summed E-state index contributed by atoms with van der Waals surface area (Å²) in [6, 6.07) is 8.03. The Morgan fingerprint density at radius 3 is 2.53 bits per heavy atom. The number of nitrogens with zero attached hydrogens (tertiary/aromatic N) is 1. The van der Waals surface area contributed by atoms with Crippen molar-refractivity contribution in [3.8, 4) is 0 Å². The van der Waals surface area contributed by atoms with Gasteiger partial charge in [-0.3, -0.25) is 14.6 Å². The third-order valence-electron chi connectivity index (χ3n) is 5.46. The van der Waals surface area contributed by atoms with E-state index in [4.69, 9.17) is 28.3 Å². The molecule has 32 heavy (non-hydrogen) atoms. The topological polar surface area (TPSA) is 97.9 Å². The molecule has 1 aliphatic rings. The molecule has 2 aromatic carbocycles. The van der Waals surface area contributed by atoms with E-state index in [9.17, 15) is 22.0 Å². The maximum absolute atomic E-state index is 13.6. The molecule has 2 unspecified atom stereocenters. The van der Waals surface area contributed by atoms with Crippen molar-refractivity contribution >= 4 is 44.1 Å². The van der Waals surface area contributed by atoms with Crippen molar-refractivity contribution in [1.82, 2.24) is 9.78 Å². The average molecular weight is 500 g/mol. The van der Waals surface area contributed by atoms with Crippen LogP contribution in [0.5, 0.6) is 0 Å². The molecule has 0 spiro atoms. The molecule has 3 aromatic rings. The summed E-state index contributed by atoms with van der Waals surface area (Å²) in [4.78, 5) is 10.9. The van der Waals surface area contributed by atoms with Gasteiger partial charge in [-0.1, -0.05) is 35.4 Å². The summed E-state index contributed by atoms with van der Waals surface area (Å²) in [5, 5.41) is 7.02. The predicted molar refractivity (Wildman–Crippen MR) is 120 cm³/mol. The van der Waals surface area contributed by atoms with Gasteiger partial charge in [-0.25, -0.2) is 22.3 Å². The smallest absolute Gasteiger partial charge is 0.271 e. The first kappa shape index (κ1) is 22.7. The Morgan fingerprint density at radius 1 is 1.16 bits per heavy atom. The molecule has 0 amide bonds. The van der Waals surface area contributed by atoms with E-state index in [1.165, 1.54) is 29.0 Å². The zero-order valence-electron chi connectivity index (χ0n) is 16.6. The van der Waals surface area contributed by atoms with Crippen LogP contribution in [0.2, 0.25) is 0 Å². The van der Waals surface area contributed by atoms with Crippen molar-refractivity contribution < 1.29 is 17.2 Å². The second kappa shape index (κ2) is 7.84. The van der Waals surface area contributed by atoms with Gasteiger partial charge in [-0.05, 0) is 48.4 Å². The Kier molecular flexibility index (Phi) is 5.57. The van der Waals surface area contributed by atoms with Gasteiger partial charge in [0.25, 0.3) is 5.56 Å². The SMILES string of the molecule is CC1=CC=C(Cl)C(Cl)(c2ccc3c(c2)c(=O)[nH]n3Cc2ccc(F)c(F)c2)C1S(N)(=O)=O. The molecule has 6 nitrogen and oxygen atoms in total. The maximum atomic E-state index is 13.6. The molecule has 11 heteroatoms. The van der Waals surface area contributed by atoms with Crippen molar-refractivity contribution in [3.63, 3.8) is 0 Å². The molecule has 3 N–H and O–H groups in total. The van der Waals surface area contributed by atoms with Gasteiger partial charge in [0.05, 0.1) is 17.4 Å². The van der Waals surface area contributed by atoms with E-state index in [0.717, 1.165) is 12.1 Å². The number of nitrogens with two attached hydrogens (primary N) is 1. The van der Waals surface area contributed by atoms with E-state index >= 15 is 0 Å². The molecular weight excluding hydrogens is 483 g/mol. The van der Waals surface area contributed by atoms with Crippen LogP contribution in [0.15, 0.2) is 64.0 Å². The highest BCUT2D eigenvalue weighted by Crippen LogP contribution is 2.49. The fourth-order valence-electron chi connectivity index (χ4n) is 3.99. The second-order valence-corrected chi connectivity index (χ2v) is 10.3. The zero-order valence-corrected chi connectivity index (χ0v) is 18.9. The Balaban J connectivity index is 1.83. The number of H-pyrrole nitrogens is 1. The lowest BCUT2D eigenvalue weighted by atomic mass is 9.86. The number of allylic oxidation sites excluding steroid dienone is 3. The first-order valence-electron chi connectivity index (χ1n) is 9.35. The molecule has 0 fully saturated rings. The molecule has 0 bridgehead atoms. The van der Waals surface area contributed by atoms with Crippen LogP contribution < -0.4 is 10.7 Å². The van der Waals surface area contributed by atoms with Gasteiger partial charge in [0.15, 0.2) is 11.6 Å². The van der Waals surface area contributed by atoms with Gasteiger partial charge in [-0.2, -0.15) is 0 Å². The van der Waals surface area contributed by atoms with Gasteiger partial charge in [0, 0.05) is 5.03 Å². The monoisotopic (exact) mass is 499 g/mol. The van der Waals surface area contributed by atoms with E-state index in [2.05, 4.69) is 5.10 Å². The number of benzene rings is 2. The van der Waals surface area contributed by atoms with Gasteiger partial charge >= 0.3 is 0 Å². The van der Waals surface area contributed by atoms with Crippen LogP contribution in [0.1, 0.15) is 18.1 Å². The van der Waals surface area contributed by atoms with E-state index in [1.807, 2.05) is 0 Å². The summed E-state index contributed by atoms with van der Waals surface area (Å²) < 4.78 is 52.9. The normalized spacial score (nSPS) is 21.5. The number of halogens is 4. The van der Waals surface area contributed by atoms with Gasteiger partial charge in [0.2, 0.25) is 10.0 Å². The van der Waals surface area contributed by atoms with Crippen molar-refractivity contribution in [2.75, 3.05) is 0 Å². The van der Waals surface area contributed by atoms with Gasteiger partial charge in [-0.15, -0.1) is 11.6 Å². The number of sulfonamides is 1. The van der Waals surface area contributed by atoms with E-state index in [0.29, 0.717) is 16.7 Å². The lowest BCUT2D eigenvalue weighted by Crippen LogP contribution is -2.46. The minimum absolute atomic E-state index is 0.0424. The van der Waals surface area contributed by atoms with Gasteiger partial charge in [0.1, 0.15) is 10.1 Å². The first-order valence-corrected chi connectivity index (χ1v) is 11.7. The number of rotatable bonds is 4.